The number of phenols is 1. The van der Waals surface area contributed by atoms with Crippen LogP contribution in [-0.2, 0) is 4.79 Å². The van der Waals surface area contributed by atoms with Crippen molar-refractivity contribution in [1.82, 2.24) is 9.78 Å². The van der Waals surface area contributed by atoms with E-state index in [2.05, 4.69) is 5.10 Å². The number of nitrogens with zero attached hydrogens (tertiary/aromatic N) is 2. The Labute approximate surface area is 135 Å². The van der Waals surface area contributed by atoms with Crippen molar-refractivity contribution in [1.29, 1.82) is 0 Å². The molecule has 0 spiro atoms. The smallest absolute Gasteiger partial charge is 0.308 e. The summed E-state index contributed by atoms with van der Waals surface area (Å²) >= 11 is 6.30. The van der Waals surface area contributed by atoms with Gasteiger partial charge >= 0.3 is 5.97 Å². The third kappa shape index (κ3) is 2.76. The first-order valence-electron chi connectivity index (χ1n) is 6.65. The number of fused-ring (bicyclic) bond motifs is 1. The fourth-order valence-electron chi connectivity index (χ4n) is 2.25. The van der Waals surface area contributed by atoms with Gasteiger partial charge in [-0.25, -0.2) is 4.68 Å². The molecule has 23 heavy (non-hydrogen) atoms. The number of carbonyl (C=O) groups excluding carboxylic acids is 2. The molecule has 0 unspecified atom stereocenters. The number of phenolic OH excluding ortho intramolecular Hbond substituents is 1. The van der Waals surface area contributed by atoms with Gasteiger partial charge in [0.15, 0.2) is 6.29 Å². The normalized spacial score (nSPS) is 10.7. The highest BCUT2D eigenvalue weighted by molar-refractivity contribution is 6.34. The molecule has 0 saturated heterocycles. The number of carbonyl (C=O) groups is 2. The Bertz CT molecular complexity index is 933. The molecule has 2 aromatic carbocycles. The zero-order valence-electron chi connectivity index (χ0n) is 12.0. The van der Waals surface area contributed by atoms with Crippen molar-refractivity contribution in [2.75, 3.05) is 0 Å². The summed E-state index contributed by atoms with van der Waals surface area (Å²) in [5.41, 5.74) is 1.29. The maximum Gasteiger partial charge on any atom is 0.308 e. The highest BCUT2D eigenvalue weighted by atomic mass is 35.5. The van der Waals surface area contributed by atoms with Crippen LogP contribution >= 0.6 is 11.6 Å². The number of benzene rings is 2. The van der Waals surface area contributed by atoms with E-state index in [1.807, 2.05) is 0 Å². The van der Waals surface area contributed by atoms with Crippen LogP contribution in [-0.4, -0.2) is 27.1 Å². The molecule has 1 heterocycles. The van der Waals surface area contributed by atoms with E-state index in [0.29, 0.717) is 22.9 Å². The fraction of sp³-hybridized carbons (Fsp3) is 0.0625. The molecule has 6 nitrogen and oxygen atoms in total. The van der Waals surface area contributed by atoms with E-state index in [1.54, 1.807) is 18.2 Å². The van der Waals surface area contributed by atoms with E-state index in [9.17, 15) is 14.7 Å². The van der Waals surface area contributed by atoms with Gasteiger partial charge in [-0.3, -0.25) is 9.59 Å². The molecule has 1 aromatic heterocycles. The Balaban J connectivity index is 2.16. The van der Waals surface area contributed by atoms with Crippen molar-refractivity contribution < 1.29 is 19.4 Å². The van der Waals surface area contributed by atoms with Crippen molar-refractivity contribution in [2.45, 2.75) is 6.92 Å². The zero-order valence-corrected chi connectivity index (χ0v) is 12.7. The number of hydrogen-bond acceptors (Lipinski definition) is 5. The average molecular weight is 331 g/mol. The molecule has 0 radical (unpaired) electrons. The number of hydrogen-bond donors (Lipinski definition) is 1. The molecule has 0 saturated carbocycles. The molecular formula is C16H11ClN2O4. The molecule has 0 aliphatic carbocycles. The molecule has 0 fully saturated rings. The first-order valence-corrected chi connectivity index (χ1v) is 7.02. The van der Waals surface area contributed by atoms with Gasteiger partial charge in [-0.15, -0.1) is 0 Å². The standard InChI is InChI=1S/C16H11ClN2O4/c1-9(21)23-12-3-5-15(10(6-12)8-20)19-16(17)13-7-11(22)2-4-14(13)18-19/h2-8,22H,1H3. The quantitative estimate of drug-likeness (QED) is 0.453. The molecule has 7 heteroatoms. The third-order valence-electron chi connectivity index (χ3n) is 3.21. The number of esters is 1. The second-order valence-corrected chi connectivity index (χ2v) is 5.19. The van der Waals surface area contributed by atoms with E-state index in [4.69, 9.17) is 16.3 Å². The number of aromatic hydroxyl groups is 1. The summed E-state index contributed by atoms with van der Waals surface area (Å²) in [4.78, 5) is 22.4. The summed E-state index contributed by atoms with van der Waals surface area (Å²) < 4.78 is 6.35. The predicted octanol–water partition coefficient (Wildman–Crippen LogP) is 3.12. The lowest BCUT2D eigenvalue weighted by atomic mass is 10.2. The van der Waals surface area contributed by atoms with Crippen LogP contribution in [0.15, 0.2) is 36.4 Å². The van der Waals surface area contributed by atoms with Gasteiger partial charge in [0.2, 0.25) is 0 Å². The second kappa shape index (κ2) is 5.73. The highest BCUT2D eigenvalue weighted by Gasteiger charge is 2.15. The molecule has 0 aliphatic rings. The van der Waals surface area contributed by atoms with Gasteiger partial charge in [-0.05, 0) is 36.4 Å². The SMILES string of the molecule is CC(=O)Oc1ccc(-n2nc3ccc(O)cc3c2Cl)c(C=O)c1. The molecular weight excluding hydrogens is 320 g/mol. The molecule has 0 bridgehead atoms. The summed E-state index contributed by atoms with van der Waals surface area (Å²) in [7, 11) is 0. The summed E-state index contributed by atoms with van der Waals surface area (Å²) in [6.07, 6.45) is 0.627. The molecule has 116 valence electrons. The van der Waals surface area contributed by atoms with Gasteiger partial charge in [0.1, 0.15) is 16.7 Å². The van der Waals surface area contributed by atoms with Crippen LogP contribution < -0.4 is 4.74 Å². The van der Waals surface area contributed by atoms with Crippen LogP contribution in [0.25, 0.3) is 16.6 Å². The minimum Gasteiger partial charge on any atom is -0.508 e. The number of halogens is 1. The largest absolute Gasteiger partial charge is 0.508 e. The zero-order chi connectivity index (χ0) is 16.6. The molecule has 3 rings (SSSR count). The van der Waals surface area contributed by atoms with Crippen LogP contribution in [0.2, 0.25) is 5.15 Å². The average Bonchev–Trinajstić information content (AvgIpc) is 2.83. The van der Waals surface area contributed by atoms with Crippen molar-refractivity contribution in [3.8, 4) is 17.2 Å². The van der Waals surface area contributed by atoms with Crippen molar-refractivity contribution in [2.24, 2.45) is 0 Å². The van der Waals surface area contributed by atoms with E-state index >= 15 is 0 Å². The Morgan fingerprint density at radius 3 is 2.78 bits per heavy atom. The Morgan fingerprint density at radius 2 is 2.09 bits per heavy atom. The van der Waals surface area contributed by atoms with Crippen LogP contribution in [0.4, 0.5) is 0 Å². The van der Waals surface area contributed by atoms with Gasteiger partial charge in [0.25, 0.3) is 0 Å². The number of aldehydes is 1. The topological polar surface area (TPSA) is 81.4 Å². The minimum atomic E-state index is -0.479. The first kappa shape index (κ1) is 15.1. The molecule has 0 amide bonds. The predicted molar refractivity (Wildman–Crippen MR) is 84.4 cm³/mol. The van der Waals surface area contributed by atoms with Gasteiger partial charge in [0, 0.05) is 17.9 Å². The third-order valence-corrected chi connectivity index (χ3v) is 3.58. The van der Waals surface area contributed by atoms with Crippen LogP contribution in [0.1, 0.15) is 17.3 Å². The monoisotopic (exact) mass is 330 g/mol. The Hall–Kier alpha value is -2.86. The van der Waals surface area contributed by atoms with Crippen LogP contribution in [0, 0.1) is 0 Å². The van der Waals surface area contributed by atoms with Crippen molar-refractivity contribution >= 4 is 34.8 Å². The van der Waals surface area contributed by atoms with E-state index < -0.39 is 5.97 Å². The molecule has 3 aromatic rings. The van der Waals surface area contributed by atoms with Crippen LogP contribution in [0.5, 0.6) is 11.5 Å². The summed E-state index contributed by atoms with van der Waals surface area (Å²) in [5.74, 6) is -0.151. The Morgan fingerprint density at radius 1 is 1.30 bits per heavy atom. The van der Waals surface area contributed by atoms with Gasteiger partial charge in [0.05, 0.1) is 11.2 Å². The Kier molecular flexibility index (Phi) is 3.75. The van der Waals surface area contributed by atoms with E-state index in [0.717, 1.165) is 0 Å². The number of aromatic nitrogens is 2. The van der Waals surface area contributed by atoms with Gasteiger partial charge in [-0.2, -0.15) is 5.10 Å². The van der Waals surface area contributed by atoms with Gasteiger partial charge < -0.3 is 9.84 Å². The number of rotatable bonds is 3. The minimum absolute atomic E-state index is 0.0692. The molecule has 0 atom stereocenters. The number of ether oxygens (including phenoxy) is 1. The first-order chi connectivity index (χ1) is 11.0. The lowest BCUT2D eigenvalue weighted by Gasteiger charge is -2.08. The maximum absolute atomic E-state index is 11.4. The fourth-order valence-corrected chi connectivity index (χ4v) is 2.53. The van der Waals surface area contributed by atoms with Crippen molar-refractivity contribution in [3.63, 3.8) is 0 Å². The maximum atomic E-state index is 11.4. The molecule has 0 aliphatic heterocycles. The highest BCUT2D eigenvalue weighted by Crippen LogP contribution is 2.30. The second-order valence-electron chi connectivity index (χ2n) is 4.84. The summed E-state index contributed by atoms with van der Waals surface area (Å²) in [5, 5.41) is 14.7. The van der Waals surface area contributed by atoms with Gasteiger partial charge in [-0.1, -0.05) is 11.6 Å². The van der Waals surface area contributed by atoms with E-state index in [-0.39, 0.29) is 22.2 Å². The van der Waals surface area contributed by atoms with E-state index in [1.165, 1.54) is 29.8 Å². The van der Waals surface area contributed by atoms with Crippen LogP contribution in [0.3, 0.4) is 0 Å². The lowest BCUT2D eigenvalue weighted by molar-refractivity contribution is -0.131. The lowest BCUT2D eigenvalue weighted by Crippen LogP contribution is -2.05. The van der Waals surface area contributed by atoms with Crippen molar-refractivity contribution in [3.05, 3.63) is 47.1 Å². The summed E-state index contributed by atoms with van der Waals surface area (Å²) in [6.45, 7) is 1.28. The molecule has 1 N–H and O–H groups in total. The summed E-state index contributed by atoms with van der Waals surface area (Å²) in [6, 6.07) is 9.18.